The summed E-state index contributed by atoms with van der Waals surface area (Å²) in [6.45, 7) is 0.665. The molecule has 0 spiro atoms. The quantitative estimate of drug-likeness (QED) is 0.681. The second-order valence-electron chi connectivity index (χ2n) is 4.72. The van der Waals surface area contributed by atoms with Gasteiger partial charge in [0.1, 0.15) is 0 Å². The molecule has 0 bridgehead atoms. The summed E-state index contributed by atoms with van der Waals surface area (Å²) in [7, 11) is 1.80. The summed E-state index contributed by atoms with van der Waals surface area (Å²) in [4.78, 5) is 3.04. The van der Waals surface area contributed by atoms with Gasteiger partial charge in [0.25, 0.3) is 0 Å². The average molecular weight is 334 g/mol. The molecule has 0 N–H and O–H groups in total. The topological polar surface area (TPSA) is 3.24 Å². The molecule has 114 valence electrons. The number of likely N-dealkylation sites (N-methyl/N-ethyl adjacent to an activating group) is 1. The minimum Gasteiger partial charge on any atom is -0.374 e. The summed E-state index contributed by atoms with van der Waals surface area (Å²) in [5, 5.41) is 1.99. The highest BCUT2D eigenvalue weighted by atomic mass is 35.5. The van der Waals surface area contributed by atoms with Crippen LogP contribution in [-0.4, -0.2) is 13.6 Å². The van der Waals surface area contributed by atoms with Gasteiger partial charge in [-0.25, -0.2) is 0 Å². The van der Waals surface area contributed by atoms with Crippen LogP contribution in [0.25, 0.3) is 0 Å². The first kappa shape index (κ1) is 16.2. The fourth-order valence-electron chi connectivity index (χ4n) is 2.04. The van der Waals surface area contributed by atoms with Crippen LogP contribution < -0.4 is 4.90 Å². The van der Waals surface area contributed by atoms with E-state index in [1.54, 1.807) is 24.5 Å². The molecule has 21 heavy (non-hydrogen) atoms. The third-order valence-corrected chi connectivity index (χ3v) is 4.48. The maximum Gasteiger partial charge on any atom is 0.416 e. The third kappa shape index (κ3) is 4.14. The number of hydrogen-bond acceptors (Lipinski definition) is 2. The van der Waals surface area contributed by atoms with Crippen LogP contribution in [-0.2, 0) is 18.5 Å². The first-order valence-corrected chi connectivity index (χ1v) is 7.83. The molecule has 0 aliphatic heterocycles. The minimum atomic E-state index is -4.38. The zero-order valence-corrected chi connectivity index (χ0v) is 13.0. The molecule has 0 aliphatic rings. The van der Waals surface area contributed by atoms with Crippen LogP contribution in [0.4, 0.5) is 18.9 Å². The number of hydrogen-bond donors (Lipinski definition) is 0. The molecule has 2 aromatic rings. The van der Waals surface area contributed by atoms with Gasteiger partial charge in [-0.05, 0) is 35.6 Å². The lowest BCUT2D eigenvalue weighted by Gasteiger charge is -2.21. The van der Waals surface area contributed by atoms with Crippen LogP contribution in [0.2, 0.25) is 0 Å². The van der Waals surface area contributed by atoms with Gasteiger partial charge >= 0.3 is 6.18 Å². The molecule has 0 radical (unpaired) electrons. The Labute approximate surface area is 131 Å². The van der Waals surface area contributed by atoms with Crippen LogP contribution in [0, 0.1) is 0 Å². The van der Waals surface area contributed by atoms with E-state index in [0.717, 1.165) is 6.42 Å². The SMILES string of the molecule is CN(CCc1cccs1)c1ccc(CCl)c(C(F)(F)F)c1. The molecule has 0 fully saturated rings. The molecule has 6 heteroatoms. The predicted octanol–water partition coefficient (Wildman–Crippen LogP) is 5.18. The molecule has 0 unspecified atom stereocenters. The van der Waals surface area contributed by atoms with Gasteiger partial charge in [-0.3, -0.25) is 0 Å². The zero-order valence-electron chi connectivity index (χ0n) is 11.5. The normalized spacial score (nSPS) is 11.7. The van der Waals surface area contributed by atoms with Gasteiger partial charge in [0.2, 0.25) is 0 Å². The maximum absolute atomic E-state index is 13.0. The molecule has 0 amide bonds. The van der Waals surface area contributed by atoms with E-state index in [1.807, 2.05) is 22.4 Å². The Kier molecular flexibility index (Phi) is 5.17. The van der Waals surface area contributed by atoms with Crippen molar-refractivity contribution in [2.75, 3.05) is 18.5 Å². The van der Waals surface area contributed by atoms with Crippen molar-refractivity contribution in [3.63, 3.8) is 0 Å². The highest BCUT2D eigenvalue weighted by Gasteiger charge is 2.33. The van der Waals surface area contributed by atoms with Gasteiger partial charge in [-0.1, -0.05) is 12.1 Å². The van der Waals surface area contributed by atoms with E-state index in [0.29, 0.717) is 12.2 Å². The minimum absolute atomic E-state index is 0.111. The Morgan fingerprint density at radius 2 is 2.00 bits per heavy atom. The molecule has 0 saturated heterocycles. The fourth-order valence-corrected chi connectivity index (χ4v) is 2.98. The molecule has 2 rings (SSSR count). The summed E-state index contributed by atoms with van der Waals surface area (Å²) >= 11 is 7.24. The monoisotopic (exact) mass is 333 g/mol. The van der Waals surface area contributed by atoms with E-state index < -0.39 is 11.7 Å². The predicted molar refractivity (Wildman–Crippen MR) is 82.3 cm³/mol. The average Bonchev–Trinajstić information content (AvgIpc) is 2.96. The van der Waals surface area contributed by atoms with Crippen LogP contribution in [0.1, 0.15) is 16.0 Å². The first-order chi connectivity index (χ1) is 9.91. The smallest absolute Gasteiger partial charge is 0.374 e. The number of anilines is 1. The molecule has 1 heterocycles. The Hall–Kier alpha value is -1.20. The van der Waals surface area contributed by atoms with Gasteiger partial charge in [0.15, 0.2) is 0 Å². The summed E-state index contributed by atoms with van der Waals surface area (Å²) in [5.74, 6) is -0.145. The van der Waals surface area contributed by atoms with E-state index in [-0.39, 0.29) is 11.4 Å². The van der Waals surface area contributed by atoms with Crippen molar-refractivity contribution in [1.29, 1.82) is 0 Å². The van der Waals surface area contributed by atoms with E-state index in [4.69, 9.17) is 11.6 Å². The van der Waals surface area contributed by atoms with E-state index in [1.165, 1.54) is 17.0 Å². The van der Waals surface area contributed by atoms with Crippen LogP contribution in [0.3, 0.4) is 0 Å². The fraction of sp³-hybridized carbons (Fsp3) is 0.333. The van der Waals surface area contributed by atoms with Crippen LogP contribution in [0.15, 0.2) is 35.7 Å². The van der Waals surface area contributed by atoms with Gasteiger partial charge in [0, 0.05) is 30.0 Å². The summed E-state index contributed by atoms with van der Waals surface area (Å²) < 4.78 is 39.0. The number of benzene rings is 1. The summed E-state index contributed by atoms with van der Waals surface area (Å²) in [5.41, 5.74) is 0.00490. The van der Waals surface area contributed by atoms with Gasteiger partial charge in [0.05, 0.1) is 5.56 Å². The third-order valence-electron chi connectivity index (χ3n) is 3.26. The van der Waals surface area contributed by atoms with E-state index in [2.05, 4.69) is 0 Å². The van der Waals surface area contributed by atoms with Crippen molar-refractivity contribution >= 4 is 28.6 Å². The lowest BCUT2D eigenvalue weighted by Crippen LogP contribution is -2.21. The van der Waals surface area contributed by atoms with Crippen molar-refractivity contribution in [3.05, 3.63) is 51.7 Å². The number of alkyl halides is 4. The van der Waals surface area contributed by atoms with Crippen LogP contribution in [0.5, 0.6) is 0 Å². The second-order valence-corrected chi connectivity index (χ2v) is 6.02. The molecule has 1 aromatic carbocycles. The number of thiophene rings is 1. The van der Waals surface area contributed by atoms with Crippen molar-refractivity contribution < 1.29 is 13.2 Å². The molecular formula is C15H15ClF3NS. The largest absolute Gasteiger partial charge is 0.416 e. The summed E-state index contributed by atoms with van der Waals surface area (Å²) in [6, 6.07) is 8.30. The molecule has 1 aromatic heterocycles. The molecule has 0 aliphatic carbocycles. The van der Waals surface area contributed by atoms with Gasteiger partial charge in [-0.2, -0.15) is 13.2 Å². The van der Waals surface area contributed by atoms with Crippen molar-refractivity contribution in [2.24, 2.45) is 0 Å². The van der Waals surface area contributed by atoms with E-state index >= 15 is 0 Å². The second kappa shape index (κ2) is 6.71. The zero-order chi connectivity index (χ0) is 15.5. The first-order valence-electron chi connectivity index (χ1n) is 6.41. The highest BCUT2D eigenvalue weighted by Crippen LogP contribution is 2.35. The van der Waals surface area contributed by atoms with Crippen LogP contribution >= 0.6 is 22.9 Å². The van der Waals surface area contributed by atoms with Crippen molar-refractivity contribution in [2.45, 2.75) is 18.5 Å². The van der Waals surface area contributed by atoms with Gasteiger partial charge < -0.3 is 4.90 Å². The molecule has 0 atom stereocenters. The Morgan fingerprint density at radius 1 is 1.24 bits per heavy atom. The highest BCUT2D eigenvalue weighted by molar-refractivity contribution is 7.09. The Bertz CT molecular complexity index is 581. The summed E-state index contributed by atoms with van der Waals surface area (Å²) in [6.07, 6.45) is -3.57. The number of halogens is 4. The molecule has 1 nitrogen and oxygen atoms in total. The Balaban J connectivity index is 2.15. The van der Waals surface area contributed by atoms with Crippen molar-refractivity contribution in [3.8, 4) is 0 Å². The van der Waals surface area contributed by atoms with Gasteiger partial charge in [-0.15, -0.1) is 22.9 Å². The van der Waals surface area contributed by atoms with E-state index in [9.17, 15) is 13.2 Å². The lowest BCUT2D eigenvalue weighted by atomic mass is 10.1. The Morgan fingerprint density at radius 3 is 2.57 bits per heavy atom. The number of nitrogens with zero attached hydrogens (tertiary/aromatic N) is 1. The lowest BCUT2D eigenvalue weighted by molar-refractivity contribution is -0.138. The number of rotatable bonds is 5. The maximum atomic E-state index is 13.0. The molecular weight excluding hydrogens is 319 g/mol. The standard InChI is InChI=1S/C15H15ClF3NS/c1-20(7-6-13-3-2-8-21-13)12-5-4-11(10-16)14(9-12)15(17,18)19/h2-5,8-9H,6-7,10H2,1H3. The molecule has 0 saturated carbocycles. The van der Waals surface area contributed by atoms with Crippen molar-refractivity contribution in [1.82, 2.24) is 0 Å².